The molecule has 0 saturated carbocycles. The number of aryl methyl sites for hydroxylation is 1. The number of carbonyl (C=O) groups is 1. The molecule has 19 heavy (non-hydrogen) atoms. The van der Waals surface area contributed by atoms with Gasteiger partial charge in [0.25, 0.3) is 11.6 Å². The number of likely N-dealkylation sites (N-methyl/N-ethyl adjacent to an activating group) is 1. The summed E-state index contributed by atoms with van der Waals surface area (Å²) in [6.07, 6.45) is 0. The van der Waals surface area contributed by atoms with Gasteiger partial charge in [-0.25, -0.2) is 0 Å². The lowest BCUT2D eigenvalue weighted by molar-refractivity contribution is -0.384. The SMILES string of the molecule is CCNCCNC(=O)c1cc(C)cc([N+](=O)[O-])c1.Cl. The first kappa shape index (κ1) is 17.3. The van der Waals surface area contributed by atoms with E-state index in [0.29, 0.717) is 24.2 Å². The van der Waals surface area contributed by atoms with Crippen LogP contribution in [0.5, 0.6) is 0 Å². The minimum absolute atomic E-state index is 0. The molecule has 0 aromatic heterocycles. The van der Waals surface area contributed by atoms with Crippen molar-refractivity contribution in [3.05, 3.63) is 39.4 Å². The largest absolute Gasteiger partial charge is 0.351 e. The zero-order chi connectivity index (χ0) is 13.5. The highest BCUT2D eigenvalue weighted by Crippen LogP contribution is 2.16. The minimum Gasteiger partial charge on any atom is -0.351 e. The van der Waals surface area contributed by atoms with Crippen LogP contribution in [-0.4, -0.2) is 30.5 Å². The maximum absolute atomic E-state index is 11.8. The number of hydrogen-bond donors (Lipinski definition) is 2. The van der Waals surface area contributed by atoms with E-state index in [0.717, 1.165) is 6.54 Å². The molecule has 0 aliphatic rings. The molecule has 0 fully saturated rings. The van der Waals surface area contributed by atoms with E-state index < -0.39 is 4.92 Å². The molecule has 1 amide bonds. The third-order valence-electron chi connectivity index (χ3n) is 2.37. The molecular weight excluding hydrogens is 270 g/mol. The lowest BCUT2D eigenvalue weighted by Gasteiger charge is -2.06. The van der Waals surface area contributed by atoms with Crippen molar-refractivity contribution >= 4 is 24.0 Å². The standard InChI is InChI=1S/C12H17N3O3.ClH/c1-3-13-4-5-14-12(16)10-6-9(2)7-11(8-10)15(17)18;/h6-8,13H,3-5H2,1-2H3,(H,14,16);1H. The van der Waals surface area contributed by atoms with E-state index in [1.807, 2.05) is 6.92 Å². The number of hydrogen-bond acceptors (Lipinski definition) is 4. The van der Waals surface area contributed by atoms with Crippen molar-refractivity contribution in [1.29, 1.82) is 0 Å². The van der Waals surface area contributed by atoms with Gasteiger partial charge in [0.2, 0.25) is 0 Å². The molecule has 7 heteroatoms. The lowest BCUT2D eigenvalue weighted by Crippen LogP contribution is -2.31. The third-order valence-corrected chi connectivity index (χ3v) is 2.37. The van der Waals surface area contributed by atoms with Gasteiger partial charge in [-0.1, -0.05) is 6.92 Å². The van der Waals surface area contributed by atoms with Gasteiger partial charge in [-0.15, -0.1) is 12.4 Å². The second-order valence-electron chi connectivity index (χ2n) is 3.92. The van der Waals surface area contributed by atoms with E-state index in [4.69, 9.17) is 0 Å². The van der Waals surface area contributed by atoms with E-state index >= 15 is 0 Å². The van der Waals surface area contributed by atoms with Crippen LogP contribution in [-0.2, 0) is 0 Å². The van der Waals surface area contributed by atoms with Crippen molar-refractivity contribution in [1.82, 2.24) is 10.6 Å². The highest BCUT2D eigenvalue weighted by atomic mass is 35.5. The first-order valence-corrected chi connectivity index (χ1v) is 5.79. The van der Waals surface area contributed by atoms with Crippen molar-refractivity contribution in [2.45, 2.75) is 13.8 Å². The molecular formula is C12H18ClN3O3. The Morgan fingerprint density at radius 1 is 1.32 bits per heavy atom. The molecule has 0 unspecified atom stereocenters. The zero-order valence-corrected chi connectivity index (χ0v) is 11.8. The highest BCUT2D eigenvalue weighted by molar-refractivity contribution is 5.95. The molecule has 0 spiro atoms. The lowest BCUT2D eigenvalue weighted by atomic mass is 10.1. The fourth-order valence-electron chi connectivity index (χ4n) is 1.54. The number of non-ortho nitro benzene ring substituents is 1. The summed E-state index contributed by atoms with van der Waals surface area (Å²) in [6, 6.07) is 4.36. The maximum atomic E-state index is 11.8. The van der Waals surface area contributed by atoms with Crippen LogP contribution >= 0.6 is 12.4 Å². The van der Waals surface area contributed by atoms with Crippen LogP contribution < -0.4 is 10.6 Å². The predicted octanol–water partition coefficient (Wildman–Crippen LogP) is 1.66. The molecule has 2 N–H and O–H groups in total. The molecule has 0 aliphatic heterocycles. The fourth-order valence-corrected chi connectivity index (χ4v) is 1.54. The number of carbonyl (C=O) groups excluding carboxylic acids is 1. The number of rotatable bonds is 6. The molecule has 106 valence electrons. The summed E-state index contributed by atoms with van der Waals surface area (Å²) in [7, 11) is 0. The molecule has 0 heterocycles. The number of nitro groups is 1. The number of benzene rings is 1. The van der Waals surface area contributed by atoms with Crippen LogP contribution in [0.2, 0.25) is 0 Å². The van der Waals surface area contributed by atoms with Crippen molar-refractivity contribution in [2.75, 3.05) is 19.6 Å². The van der Waals surface area contributed by atoms with Gasteiger partial charge in [0, 0.05) is 30.8 Å². The first-order chi connectivity index (χ1) is 8.54. The molecule has 0 atom stereocenters. The number of amides is 1. The Bertz CT molecular complexity index is 452. The van der Waals surface area contributed by atoms with E-state index in [9.17, 15) is 14.9 Å². The van der Waals surface area contributed by atoms with Crippen molar-refractivity contribution < 1.29 is 9.72 Å². The van der Waals surface area contributed by atoms with Crippen molar-refractivity contribution in [3.63, 3.8) is 0 Å². The van der Waals surface area contributed by atoms with Gasteiger partial charge in [0.05, 0.1) is 4.92 Å². The smallest absolute Gasteiger partial charge is 0.270 e. The van der Waals surface area contributed by atoms with Crippen LogP contribution in [0.4, 0.5) is 5.69 Å². The number of nitro benzene ring substituents is 1. The van der Waals surface area contributed by atoms with Crippen LogP contribution in [0.3, 0.4) is 0 Å². The molecule has 0 aliphatic carbocycles. The summed E-state index contributed by atoms with van der Waals surface area (Å²) in [5.74, 6) is -0.292. The van der Waals surface area contributed by atoms with Gasteiger partial charge < -0.3 is 10.6 Å². The van der Waals surface area contributed by atoms with Crippen LogP contribution in [0.15, 0.2) is 18.2 Å². The van der Waals surface area contributed by atoms with E-state index in [2.05, 4.69) is 10.6 Å². The summed E-state index contributed by atoms with van der Waals surface area (Å²) in [4.78, 5) is 22.0. The van der Waals surface area contributed by atoms with Crippen molar-refractivity contribution in [3.8, 4) is 0 Å². The second-order valence-corrected chi connectivity index (χ2v) is 3.92. The Morgan fingerprint density at radius 3 is 2.58 bits per heavy atom. The first-order valence-electron chi connectivity index (χ1n) is 5.79. The van der Waals surface area contributed by atoms with Crippen LogP contribution in [0, 0.1) is 17.0 Å². The van der Waals surface area contributed by atoms with Gasteiger partial charge in [-0.3, -0.25) is 14.9 Å². The Labute approximate surface area is 118 Å². The summed E-state index contributed by atoms with van der Waals surface area (Å²) in [5, 5.41) is 16.5. The Hall–Kier alpha value is -1.66. The number of nitrogens with one attached hydrogen (secondary N) is 2. The van der Waals surface area contributed by atoms with Crippen LogP contribution in [0.1, 0.15) is 22.8 Å². The van der Waals surface area contributed by atoms with Crippen LogP contribution in [0.25, 0.3) is 0 Å². The number of nitrogens with zero attached hydrogens (tertiary/aromatic N) is 1. The summed E-state index contributed by atoms with van der Waals surface area (Å²) >= 11 is 0. The average Bonchev–Trinajstić information content (AvgIpc) is 2.33. The average molecular weight is 288 g/mol. The van der Waals surface area contributed by atoms with E-state index in [-0.39, 0.29) is 24.0 Å². The zero-order valence-electron chi connectivity index (χ0n) is 10.9. The van der Waals surface area contributed by atoms with E-state index in [1.165, 1.54) is 12.1 Å². The summed E-state index contributed by atoms with van der Waals surface area (Å²) in [6.45, 7) is 5.71. The highest BCUT2D eigenvalue weighted by Gasteiger charge is 2.12. The monoisotopic (exact) mass is 287 g/mol. The van der Waals surface area contributed by atoms with Gasteiger partial charge in [0.15, 0.2) is 0 Å². The molecule has 1 aromatic carbocycles. The van der Waals surface area contributed by atoms with Crippen molar-refractivity contribution in [2.24, 2.45) is 0 Å². The van der Waals surface area contributed by atoms with Gasteiger partial charge in [-0.05, 0) is 25.1 Å². The second kappa shape index (κ2) is 8.44. The Morgan fingerprint density at radius 2 is 2.00 bits per heavy atom. The fraction of sp³-hybridized carbons (Fsp3) is 0.417. The molecule has 0 radical (unpaired) electrons. The van der Waals surface area contributed by atoms with Gasteiger partial charge in [-0.2, -0.15) is 0 Å². The quantitative estimate of drug-likeness (QED) is 0.473. The Balaban J connectivity index is 0.00000324. The maximum Gasteiger partial charge on any atom is 0.270 e. The topological polar surface area (TPSA) is 84.3 Å². The molecule has 1 rings (SSSR count). The molecule has 6 nitrogen and oxygen atoms in total. The molecule has 0 bridgehead atoms. The predicted molar refractivity (Wildman–Crippen MR) is 76.0 cm³/mol. The minimum atomic E-state index is -0.498. The van der Waals surface area contributed by atoms with E-state index in [1.54, 1.807) is 13.0 Å². The summed E-state index contributed by atoms with van der Waals surface area (Å²) < 4.78 is 0. The third kappa shape index (κ3) is 5.67. The number of halogens is 1. The van der Waals surface area contributed by atoms with Gasteiger partial charge in [0.1, 0.15) is 0 Å². The molecule has 0 saturated heterocycles. The van der Waals surface area contributed by atoms with Gasteiger partial charge >= 0.3 is 0 Å². The summed E-state index contributed by atoms with van der Waals surface area (Å²) in [5.41, 5.74) is 0.950. The Kier molecular flexibility index (Phi) is 7.71. The normalized spacial score (nSPS) is 9.58. The molecule has 1 aromatic rings.